The van der Waals surface area contributed by atoms with Gasteiger partial charge in [-0.15, -0.1) is 0 Å². The van der Waals surface area contributed by atoms with Crippen LogP contribution in [0.3, 0.4) is 0 Å². The number of hydrogen-bond acceptors (Lipinski definition) is 1. The Kier molecular flexibility index (Phi) is 1.59. The summed E-state index contributed by atoms with van der Waals surface area (Å²) in [5.74, 6) is 0. The maximum absolute atomic E-state index is 5.96. The van der Waals surface area contributed by atoms with Crippen LogP contribution in [0.5, 0.6) is 0 Å². The van der Waals surface area contributed by atoms with Gasteiger partial charge in [-0.2, -0.15) is 0 Å². The number of hydrogen-bond donors (Lipinski definition) is 1. The topological polar surface area (TPSA) is 12.0 Å². The number of halogens is 1. The molecule has 0 amide bonds. The first kappa shape index (κ1) is 6.74. The first-order chi connectivity index (χ1) is 5.38. The number of nitrogens with one attached hydrogen (secondary N) is 1. The maximum atomic E-state index is 5.96. The fourth-order valence-electron chi connectivity index (χ4n) is 1.13. The minimum atomic E-state index is -0.104. The summed E-state index contributed by atoms with van der Waals surface area (Å²) in [4.78, 5) is 0. The van der Waals surface area contributed by atoms with Gasteiger partial charge in [0.2, 0.25) is 0 Å². The molecule has 1 N–H and O–H groups in total. The van der Waals surface area contributed by atoms with E-state index in [-0.39, 0.29) is 5.50 Å². The van der Waals surface area contributed by atoms with Gasteiger partial charge in [-0.1, -0.05) is 35.9 Å². The molecular formula is C9H7ClN. The van der Waals surface area contributed by atoms with E-state index in [1.807, 2.05) is 24.3 Å². The minimum Gasteiger partial charge on any atom is -0.371 e. The third kappa shape index (κ3) is 1.12. The molecule has 0 saturated heterocycles. The molecule has 1 unspecified atom stereocenters. The van der Waals surface area contributed by atoms with Gasteiger partial charge in [-0.05, 0) is 11.1 Å². The lowest BCUT2D eigenvalue weighted by atomic mass is 10.1. The van der Waals surface area contributed by atoms with Crippen molar-refractivity contribution in [1.82, 2.24) is 5.32 Å². The van der Waals surface area contributed by atoms with Gasteiger partial charge >= 0.3 is 0 Å². The first-order valence-corrected chi connectivity index (χ1v) is 3.89. The van der Waals surface area contributed by atoms with Crippen molar-refractivity contribution in [3.8, 4) is 0 Å². The Hall–Kier alpha value is -0.950. The molecule has 1 aromatic rings. The summed E-state index contributed by atoms with van der Waals surface area (Å²) in [6, 6.07) is 7.96. The van der Waals surface area contributed by atoms with Crippen LogP contribution in [-0.2, 0) is 0 Å². The molecule has 2 heteroatoms. The van der Waals surface area contributed by atoms with E-state index in [4.69, 9.17) is 11.6 Å². The van der Waals surface area contributed by atoms with Gasteiger partial charge in [0, 0.05) is 12.3 Å². The average Bonchev–Trinajstić information content (AvgIpc) is 2.06. The SMILES string of the molecule is ClC1NC=[C]c2ccccc21. The number of benzene rings is 1. The van der Waals surface area contributed by atoms with Crippen LogP contribution in [0.25, 0.3) is 0 Å². The molecule has 1 nitrogen and oxygen atoms in total. The van der Waals surface area contributed by atoms with Crippen LogP contribution in [-0.4, -0.2) is 0 Å². The third-order valence-corrected chi connectivity index (χ3v) is 2.05. The van der Waals surface area contributed by atoms with Gasteiger partial charge in [0.05, 0.1) is 0 Å². The van der Waals surface area contributed by atoms with Crippen LogP contribution in [0.1, 0.15) is 16.6 Å². The molecule has 0 spiro atoms. The zero-order chi connectivity index (χ0) is 7.68. The molecule has 0 bridgehead atoms. The highest BCUT2D eigenvalue weighted by molar-refractivity contribution is 6.20. The predicted octanol–water partition coefficient (Wildman–Crippen LogP) is 2.19. The smallest absolute Gasteiger partial charge is 0.127 e. The Labute approximate surface area is 70.7 Å². The summed E-state index contributed by atoms with van der Waals surface area (Å²) in [5.41, 5.74) is 2.07. The third-order valence-electron chi connectivity index (χ3n) is 1.69. The first-order valence-electron chi connectivity index (χ1n) is 3.45. The molecule has 1 aliphatic rings. The van der Waals surface area contributed by atoms with Crippen LogP contribution >= 0.6 is 11.6 Å². The zero-order valence-corrected chi connectivity index (χ0v) is 6.60. The molecule has 0 fully saturated rings. The summed E-state index contributed by atoms with van der Waals surface area (Å²) in [5, 5.41) is 2.97. The number of alkyl halides is 1. The Morgan fingerprint density at radius 3 is 3.00 bits per heavy atom. The van der Waals surface area contributed by atoms with Crippen molar-refractivity contribution in [1.29, 1.82) is 0 Å². The van der Waals surface area contributed by atoms with Crippen molar-refractivity contribution in [3.63, 3.8) is 0 Å². The number of fused-ring (bicyclic) bond motifs is 1. The van der Waals surface area contributed by atoms with Crippen molar-refractivity contribution in [2.24, 2.45) is 0 Å². The summed E-state index contributed by atoms with van der Waals surface area (Å²) < 4.78 is 0. The fourth-order valence-corrected chi connectivity index (χ4v) is 1.39. The molecule has 1 aromatic carbocycles. The molecular weight excluding hydrogens is 158 g/mol. The van der Waals surface area contributed by atoms with Crippen LogP contribution in [0.15, 0.2) is 30.5 Å². The molecule has 1 aliphatic heterocycles. The summed E-state index contributed by atoms with van der Waals surface area (Å²) >= 11 is 5.96. The lowest BCUT2D eigenvalue weighted by Gasteiger charge is -2.16. The minimum absolute atomic E-state index is 0.104. The van der Waals surface area contributed by atoms with Crippen LogP contribution in [0.4, 0.5) is 0 Å². The molecule has 1 heterocycles. The van der Waals surface area contributed by atoms with E-state index in [2.05, 4.69) is 11.4 Å². The normalized spacial score (nSPS) is 20.6. The second-order valence-corrected chi connectivity index (χ2v) is 2.84. The lowest BCUT2D eigenvalue weighted by Crippen LogP contribution is -2.14. The van der Waals surface area contributed by atoms with E-state index in [0.717, 1.165) is 11.1 Å². The largest absolute Gasteiger partial charge is 0.371 e. The van der Waals surface area contributed by atoms with Gasteiger partial charge in [0.25, 0.3) is 0 Å². The van der Waals surface area contributed by atoms with Crippen molar-refractivity contribution in [2.75, 3.05) is 0 Å². The average molecular weight is 165 g/mol. The van der Waals surface area contributed by atoms with E-state index >= 15 is 0 Å². The van der Waals surface area contributed by atoms with Gasteiger partial charge in [-0.25, -0.2) is 0 Å². The van der Waals surface area contributed by atoms with E-state index in [1.54, 1.807) is 6.20 Å². The van der Waals surface area contributed by atoms with Crippen molar-refractivity contribution in [2.45, 2.75) is 5.50 Å². The Morgan fingerprint density at radius 1 is 1.36 bits per heavy atom. The van der Waals surface area contributed by atoms with Crippen LogP contribution in [0, 0.1) is 6.08 Å². The van der Waals surface area contributed by atoms with Gasteiger partial charge in [0.1, 0.15) is 5.50 Å². The molecule has 11 heavy (non-hydrogen) atoms. The van der Waals surface area contributed by atoms with Crippen molar-refractivity contribution in [3.05, 3.63) is 47.7 Å². The second kappa shape index (κ2) is 2.59. The maximum Gasteiger partial charge on any atom is 0.127 e. The van der Waals surface area contributed by atoms with Crippen LogP contribution in [0.2, 0.25) is 0 Å². The monoisotopic (exact) mass is 164 g/mol. The Morgan fingerprint density at radius 2 is 2.18 bits per heavy atom. The Balaban J connectivity index is 2.54. The molecule has 55 valence electrons. The molecule has 0 aromatic heterocycles. The second-order valence-electron chi connectivity index (χ2n) is 2.41. The quantitative estimate of drug-likeness (QED) is 0.458. The van der Waals surface area contributed by atoms with Crippen LogP contribution < -0.4 is 5.32 Å². The fraction of sp³-hybridized carbons (Fsp3) is 0.111. The standard InChI is InChI=1S/C9H7ClN/c10-9-8-4-2-1-3-7(8)5-6-11-9/h1-4,6,9,11H. The molecule has 1 radical (unpaired) electrons. The van der Waals surface area contributed by atoms with Crippen molar-refractivity contribution < 1.29 is 0 Å². The van der Waals surface area contributed by atoms with E-state index in [0.29, 0.717) is 0 Å². The van der Waals surface area contributed by atoms with Gasteiger partial charge in [-0.3, -0.25) is 0 Å². The van der Waals surface area contributed by atoms with Crippen molar-refractivity contribution >= 4 is 11.6 Å². The summed E-state index contributed by atoms with van der Waals surface area (Å²) in [6.45, 7) is 0. The summed E-state index contributed by atoms with van der Waals surface area (Å²) in [7, 11) is 0. The number of rotatable bonds is 0. The van der Waals surface area contributed by atoms with E-state index in [1.165, 1.54) is 0 Å². The highest BCUT2D eigenvalue weighted by Gasteiger charge is 2.11. The van der Waals surface area contributed by atoms with Gasteiger partial charge < -0.3 is 5.32 Å². The lowest BCUT2D eigenvalue weighted by molar-refractivity contribution is 0.807. The highest BCUT2D eigenvalue weighted by atomic mass is 35.5. The molecule has 0 saturated carbocycles. The van der Waals surface area contributed by atoms with E-state index < -0.39 is 0 Å². The zero-order valence-electron chi connectivity index (χ0n) is 5.84. The predicted molar refractivity (Wildman–Crippen MR) is 45.1 cm³/mol. The van der Waals surface area contributed by atoms with E-state index in [9.17, 15) is 0 Å². The molecule has 1 atom stereocenters. The molecule has 0 aliphatic carbocycles. The Bertz CT molecular complexity index is 293. The van der Waals surface area contributed by atoms with Gasteiger partial charge in [0.15, 0.2) is 0 Å². The molecule has 2 rings (SSSR count). The highest BCUT2D eigenvalue weighted by Crippen LogP contribution is 2.24. The summed E-state index contributed by atoms with van der Waals surface area (Å²) in [6.07, 6.45) is 4.82.